The monoisotopic (exact) mass is 428 g/mol. The zero-order valence-electron chi connectivity index (χ0n) is 13.8. The predicted octanol–water partition coefficient (Wildman–Crippen LogP) is 3.49. The number of rotatable bonds is 6. The number of aliphatic imine (C=N–C) groups is 1. The second kappa shape index (κ2) is 9.57. The lowest BCUT2D eigenvalue weighted by molar-refractivity contribution is 0.265. The summed E-state index contributed by atoms with van der Waals surface area (Å²) in [4.78, 5) is 6.48. The van der Waals surface area contributed by atoms with Gasteiger partial charge in [-0.2, -0.15) is 0 Å². The quantitative estimate of drug-likeness (QED) is 0.420. The van der Waals surface area contributed by atoms with Crippen LogP contribution in [0.3, 0.4) is 0 Å². The van der Waals surface area contributed by atoms with Crippen LogP contribution in [0.2, 0.25) is 0 Å². The first kappa shape index (κ1) is 19.5. The largest absolute Gasteiger partial charge is 0.468 e. The average Bonchev–Trinajstić information content (AvgIpc) is 3.02. The van der Waals surface area contributed by atoms with Crippen molar-refractivity contribution in [1.29, 1.82) is 0 Å². The summed E-state index contributed by atoms with van der Waals surface area (Å²) in [5.41, 5.74) is 8.21. The van der Waals surface area contributed by atoms with E-state index in [0.29, 0.717) is 12.5 Å². The van der Waals surface area contributed by atoms with Crippen LogP contribution in [0.4, 0.5) is 5.69 Å². The van der Waals surface area contributed by atoms with Crippen LogP contribution in [-0.2, 0) is 6.42 Å². The number of anilines is 1. The highest BCUT2D eigenvalue weighted by molar-refractivity contribution is 14.0. The van der Waals surface area contributed by atoms with Gasteiger partial charge in [0.15, 0.2) is 5.96 Å². The molecule has 1 atom stereocenters. The van der Waals surface area contributed by atoms with E-state index in [0.717, 1.165) is 17.9 Å². The number of furan rings is 1. The molecule has 126 valence electrons. The molecule has 1 aromatic heterocycles. The van der Waals surface area contributed by atoms with Crippen molar-refractivity contribution >= 4 is 35.6 Å². The highest BCUT2D eigenvalue weighted by atomic mass is 127. The van der Waals surface area contributed by atoms with E-state index in [4.69, 9.17) is 10.2 Å². The lowest BCUT2D eigenvalue weighted by Crippen LogP contribution is -2.27. The summed E-state index contributed by atoms with van der Waals surface area (Å²) in [6.07, 6.45) is 2.70. The zero-order valence-corrected chi connectivity index (χ0v) is 16.2. The Kier molecular flexibility index (Phi) is 8.11. The fourth-order valence-electron chi connectivity index (χ4n) is 2.18. The Morgan fingerprint density at radius 2 is 1.96 bits per heavy atom. The summed E-state index contributed by atoms with van der Waals surface area (Å²) < 4.78 is 5.46. The summed E-state index contributed by atoms with van der Waals surface area (Å²) in [6, 6.07) is 12.1. The summed E-state index contributed by atoms with van der Waals surface area (Å²) in [6.45, 7) is 2.67. The van der Waals surface area contributed by atoms with Gasteiger partial charge in [-0.3, -0.25) is 9.89 Å². The van der Waals surface area contributed by atoms with E-state index >= 15 is 0 Å². The molecule has 0 bridgehead atoms. The van der Waals surface area contributed by atoms with Crippen LogP contribution in [0.25, 0.3) is 0 Å². The molecule has 0 amide bonds. The van der Waals surface area contributed by atoms with Gasteiger partial charge in [0, 0.05) is 5.69 Å². The van der Waals surface area contributed by atoms with Crippen molar-refractivity contribution < 1.29 is 4.42 Å². The van der Waals surface area contributed by atoms with Gasteiger partial charge in [-0.1, -0.05) is 19.1 Å². The summed E-state index contributed by atoms with van der Waals surface area (Å²) in [5, 5.41) is 3.11. The molecule has 5 nitrogen and oxygen atoms in total. The van der Waals surface area contributed by atoms with Gasteiger partial charge in [-0.05, 0) is 50.3 Å². The molecule has 0 aliphatic carbocycles. The van der Waals surface area contributed by atoms with E-state index in [2.05, 4.69) is 34.3 Å². The second-order valence-electron chi connectivity index (χ2n) is 5.40. The molecule has 1 heterocycles. The number of likely N-dealkylation sites (N-methyl/N-ethyl adjacent to an activating group) is 1. The number of guanidine groups is 1. The van der Waals surface area contributed by atoms with Gasteiger partial charge in [0.05, 0.1) is 18.8 Å². The number of halogens is 1. The van der Waals surface area contributed by atoms with Gasteiger partial charge >= 0.3 is 0 Å². The number of hydrogen-bond donors (Lipinski definition) is 2. The summed E-state index contributed by atoms with van der Waals surface area (Å²) >= 11 is 0. The molecule has 0 fully saturated rings. The molecular weight excluding hydrogens is 403 g/mol. The third-order valence-electron chi connectivity index (χ3n) is 3.56. The lowest BCUT2D eigenvalue weighted by Gasteiger charge is -2.20. The van der Waals surface area contributed by atoms with Crippen LogP contribution in [0, 0.1) is 0 Å². The van der Waals surface area contributed by atoms with Crippen molar-refractivity contribution in [2.24, 2.45) is 10.7 Å². The third kappa shape index (κ3) is 5.87. The first-order valence-corrected chi connectivity index (χ1v) is 7.46. The maximum absolute atomic E-state index is 5.97. The van der Waals surface area contributed by atoms with E-state index in [-0.39, 0.29) is 30.0 Å². The van der Waals surface area contributed by atoms with Gasteiger partial charge in [0.1, 0.15) is 5.76 Å². The fraction of sp³-hybridized carbons (Fsp3) is 0.353. The molecule has 2 aromatic rings. The first-order valence-electron chi connectivity index (χ1n) is 7.46. The van der Waals surface area contributed by atoms with Crippen molar-refractivity contribution in [1.82, 2.24) is 4.90 Å². The minimum Gasteiger partial charge on any atom is -0.468 e. The van der Waals surface area contributed by atoms with Crippen LogP contribution in [0.1, 0.15) is 24.3 Å². The summed E-state index contributed by atoms with van der Waals surface area (Å²) in [5.74, 6) is 1.29. The molecule has 23 heavy (non-hydrogen) atoms. The van der Waals surface area contributed by atoms with Gasteiger partial charge < -0.3 is 15.5 Å². The topological polar surface area (TPSA) is 66.8 Å². The van der Waals surface area contributed by atoms with Crippen LogP contribution >= 0.6 is 24.0 Å². The van der Waals surface area contributed by atoms with Gasteiger partial charge in [-0.15, -0.1) is 24.0 Å². The van der Waals surface area contributed by atoms with Gasteiger partial charge in [0.2, 0.25) is 0 Å². The normalized spacial score (nSPS) is 12.8. The minimum absolute atomic E-state index is 0. The van der Waals surface area contributed by atoms with E-state index in [1.54, 1.807) is 6.26 Å². The van der Waals surface area contributed by atoms with Crippen LogP contribution in [0.5, 0.6) is 0 Å². The van der Waals surface area contributed by atoms with E-state index < -0.39 is 0 Å². The van der Waals surface area contributed by atoms with Crippen molar-refractivity contribution in [3.63, 3.8) is 0 Å². The van der Waals surface area contributed by atoms with Crippen molar-refractivity contribution in [2.75, 3.05) is 26.0 Å². The van der Waals surface area contributed by atoms with E-state index in [1.807, 2.05) is 38.4 Å². The molecule has 0 saturated heterocycles. The molecule has 0 radical (unpaired) electrons. The highest BCUT2D eigenvalue weighted by Gasteiger charge is 2.16. The molecule has 6 heteroatoms. The van der Waals surface area contributed by atoms with Crippen LogP contribution < -0.4 is 11.1 Å². The average molecular weight is 428 g/mol. The molecule has 0 aliphatic heterocycles. The summed E-state index contributed by atoms with van der Waals surface area (Å²) in [7, 11) is 3.99. The molecule has 0 aliphatic rings. The standard InChI is InChI=1S/C17H24N4O.HI/c1-4-13-7-9-14(10-8-13)20-17(18)19-12-15(21(2)3)16-6-5-11-22-16;/h5-11,15H,4,12H2,1-3H3,(H3,18,19,20);1H. The Morgan fingerprint density at radius 1 is 1.26 bits per heavy atom. The molecule has 1 unspecified atom stereocenters. The smallest absolute Gasteiger partial charge is 0.193 e. The zero-order chi connectivity index (χ0) is 15.9. The number of nitrogens with two attached hydrogens (primary N) is 1. The molecule has 1 aromatic carbocycles. The SMILES string of the molecule is CCc1ccc(NC(N)=NCC(c2ccco2)N(C)C)cc1.I. The number of nitrogens with zero attached hydrogens (tertiary/aromatic N) is 2. The third-order valence-corrected chi connectivity index (χ3v) is 3.56. The first-order chi connectivity index (χ1) is 10.6. The number of aryl methyl sites for hydroxylation is 1. The predicted molar refractivity (Wildman–Crippen MR) is 106 cm³/mol. The number of hydrogen-bond acceptors (Lipinski definition) is 3. The fourth-order valence-corrected chi connectivity index (χ4v) is 2.18. The lowest BCUT2D eigenvalue weighted by atomic mass is 10.1. The van der Waals surface area contributed by atoms with Crippen molar-refractivity contribution in [3.05, 3.63) is 54.0 Å². The number of benzene rings is 1. The molecule has 0 spiro atoms. The molecule has 3 N–H and O–H groups in total. The number of nitrogens with one attached hydrogen (secondary N) is 1. The van der Waals surface area contributed by atoms with Gasteiger partial charge in [0.25, 0.3) is 0 Å². The van der Waals surface area contributed by atoms with Gasteiger partial charge in [-0.25, -0.2) is 0 Å². The second-order valence-corrected chi connectivity index (χ2v) is 5.40. The van der Waals surface area contributed by atoms with Crippen LogP contribution in [0.15, 0.2) is 52.1 Å². The maximum atomic E-state index is 5.97. The van der Waals surface area contributed by atoms with E-state index in [9.17, 15) is 0 Å². The Hall–Kier alpha value is -1.54. The Morgan fingerprint density at radius 3 is 2.48 bits per heavy atom. The minimum atomic E-state index is 0. The maximum Gasteiger partial charge on any atom is 0.193 e. The van der Waals surface area contributed by atoms with Crippen LogP contribution in [-0.4, -0.2) is 31.5 Å². The van der Waals surface area contributed by atoms with E-state index in [1.165, 1.54) is 5.56 Å². The Balaban J connectivity index is 0.00000264. The Labute approximate surface area is 155 Å². The molecular formula is C17H25IN4O. The van der Waals surface area contributed by atoms with Crippen molar-refractivity contribution in [2.45, 2.75) is 19.4 Å². The van der Waals surface area contributed by atoms with Crippen molar-refractivity contribution in [3.8, 4) is 0 Å². The Bertz CT molecular complexity index is 594. The molecule has 2 rings (SSSR count). The molecule has 0 saturated carbocycles. The highest BCUT2D eigenvalue weighted by Crippen LogP contribution is 2.18.